The van der Waals surface area contributed by atoms with Crippen molar-refractivity contribution in [1.29, 1.82) is 0 Å². The summed E-state index contributed by atoms with van der Waals surface area (Å²) in [6.45, 7) is 3.23. The minimum absolute atomic E-state index is 0.279. The molecule has 3 nitrogen and oxygen atoms in total. The molecule has 3 atom stereocenters. The third kappa shape index (κ3) is 3.80. The second-order valence-electron chi connectivity index (χ2n) is 5.06. The van der Waals surface area contributed by atoms with Crippen LogP contribution in [-0.4, -0.2) is 29.2 Å². The topological polar surface area (TPSA) is 38.3 Å². The van der Waals surface area contributed by atoms with Crippen LogP contribution in [0.4, 0.5) is 0 Å². The Morgan fingerprint density at radius 2 is 2.26 bits per heavy atom. The average molecular weight is 281 g/mol. The average Bonchev–Trinajstić information content (AvgIpc) is 2.93. The molecule has 19 heavy (non-hydrogen) atoms. The van der Waals surface area contributed by atoms with Gasteiger partial charge in [-0.15, -0.1) is 0 Å². The number of hydrogen-bond donors (Lipinski definition) is 1. The van der Waals surface area contributed by atoms with E-state index in [-0.39, 0.29) is 5.25 Å². The molecule has 1 aliphatic carbocycles. The van der Waals surface area contributed by atoms with Crippen LogP contribution < -0.4 is 10.1 Å². The fourth-order valence-corrected chi connectivity index (χ4v) is 4.17. The molecule has 0 aliphatic heterocycles. The first-order valence-electron chi connectivity index (χ1n) is 7.02. The van der Waals surface area contributed by atoms with E-state index in [0.717, 1.165) is 42.9 Å². The third-order valence-electron chi connectivity index (χ3n) is 3.64. The molecule has 0 bridgehead atoms. The van der Waals surface area contributed by atoms with Gasteiger partial charge in [-0.3, -0.25) is 4.21 Å². The summed E-state index contributed by atoms with van der Waals surface area (Å²) < 4.78 is 17.8. The lowest BCUT2D eigenvalue weighted by molar-refractivity contribution is 0.413. The third-order valence-corrected chi connectivity index (χ3v) is 5.40. The van der Waals surface area contributed by atoms with E-state index in [9.17, 15) is 4.21 Å². The van der Waals surface area contributed by atoms with Crippen LogP contribution in [-0.2, 0) is 10.8 Å². The van der Waals surface area contributed by atoms with E-state index in [4.69, 9.17) is 4.74 Å². The molecular weight excluding hydrogens is 258 g/mol. The fraction of sp³-hybridized carbons (Fsp3) is 0.600. The van der Waals surface area contributed by atoms with Crippen LogP contribution in [0.3, 0.4) is 0 Å². The summed E-state index contributed by atoms with van der Waals surface area (Å²) in [5, 5.41) is 3.81. The van der Waals surface area contributed by atoms with Crippen LogP contribution in [0.2, 0.25) is 0 Å². The SMILES string of the molecule is CCCNC1CCC(S(=O)c2cccc(OC)c2)C1. The van der Waals surface area contributed by atoms with Gasteiger partial charge in [0.15, 0.2) is 0 Å². The summed E-state index contributed by atoms with van der Waals surface area (Å²) >= 11 is 0. The Morgan fingerprint density at radius 1 is 1.42 bits per heavy atom. The van der Waals surface area contributed by atoms with Crippen LogP contribution in [0, 0.1) is 0 Å². The monoisotopic (exact) mass is 281 g/mol. The number of benzene rings is 1. The molecule has 1 N–H and O–H groups in total. The van der Waals surface area contributed by atoms with Crippen LogP contribution in [0.25, 0.3) is 0 Å². The second kappa shape index (κ2) is 7.06. The quantitative estimate of drug-likeness (QED) is 0.871. The Balaban J connectivity index is 1.96. The predicted molar refractivity (Wildman–Crippen MR) is 79.1 cm³/mol. The summed E-state index contributed by atoms with van der Waals surface area (Å²) in [7, 11) is 0.724. The van der Waals surface area contributed by atoms with Crippen molar-refractivity contribution < 1.29 is 8.95 Å². The van der Waals surface area contributed by atoms with E-state index in [2.05, 4.69) is 12.2 Å². The predicted octanol–water partition coefficient (Wildman–Crippen LogP) is 2.72. The summed E-state index contributed by atoms with van der Waals surface area (Å²) in [5.74, 6) is 0.782. The molecule has 0 aromatic heterocycles. The zero-order valence-corrected chi connectivity index (χ0v) is 12.5. The van der Waals surface area contributed by atoms with Crippen molar-refractivity contribution in [3.8, 4) is 5.75 Å². The number of hydrogen-bond acceptors (Lipinski definition) is 3. The molecule has 1 aromatic rings. The fourth-order valence-electron chi connectivity index (χ4n) is 2.59. The van der Waals surface area contributed by atoms with Crippen molar-refractivity contribution >= 4 is 10.8 Å². The van der Waals surface area contributed by atoms with Crippen LogP contribution in [0.15, 0.2) is 29.2 Å². The van der Waals surface area contributed by atoms with Crippen molar-refractivity contribution in [1.82, 2.24) is 5.32 Å². The maximum atomic E-state index is 12.6. The Hall–Kier alpha value is -0.870. The van der Waals surface area contributed by atoms with E-state index in [1.54, 1.807) is 7.11 Å². The molecule has 0 spiro atoms. The highest BCUT2D eigenvalue weighted by Crippen LogP contribution is 2.28. The molecule has 2 rings (SSSR count). The Bertz CT molecular complexity index is 436. The molecule has 1 aliphatic rings. The van der Waals surface area contributed by atoms with Crippen molar-refractivity contribution in [3.63, 3.8) is 0 Å². The van der Waals surface area contributed by atoms with E-state index in [1.165, 1.54) is 0 Å². The highest BCUT2D eigenvalue weighted by Gasteiger charge is 2.29. The number of rotatable bonds is 6. The molecule has 4 heteroatoms. The molecule has 3 unspecified atom stereocenters. The van der Waals surface area contributed by atoms with E-state index >= 15 is 0 Å². The minimum Gasteiger partial charge on any atom is -0.497 e. The van der Waals surface area contributed by atoms with Gasteiger partial charge in [-0.05, 0) is 50.4 Å². The lowest BCUT2D eigenvalue weighted by Gasteiger charge is -2.13. The molecule has 1 saturated carbocycles. The molecular formula is C15H23NO2S. The molecule has 0 amide bonds. The first-order valence-corrected chi connectivity index (χ1v) is 8.24. The first-order chi connectivity index (χ1) is 9.24. The minimum atomic E-state index is -0.917. The molecule has 0 heterocycles. The maximum absolute atomic E-state index is 12.6. The normalized spacial score (nSPS) is 24.3. The van der Waals surface area contributed by atoms with E-state index in [1.807, 2.05) is 24.3 Å². The van der Waals surface area contributed by atoms with Gasteiger partial charge in [0.2, 0.25) is 0 Å². The molecule has 1 fully saturated rings. The number of ether oxygens (including phenoxy) is 1. The van der Waals surface area contributed by atoms with Gasteiger partial charge in [0, 0.05) is 16.2 Å². The highest BCUT2D eigenvalue weighted by atomic mass is 32.2. The highest BCUT2D eigenvalue weighted by molar-refractivity contribution is 7.85. The van der Waals surface area contributed by atoms with Gasteiger partial charge in [-0.2, -0.15) is 0 Å². The first kappa shape index (κ1) is 14.5. The van der Waals surface area contributed by atoms with Crippen molar-refractivity contribution in [2.24, 2.45) is 0 Å². The lowest BCUT2D eigenvalue weighted by atomic mass is 10.2. The molecule has 0 radical (unpaired) electrons. The largest absolute Gasteiger partial charge is 0.497 e. The van der Waals surface area contributed by atoms with Crippen molar-refractivity contribution in [2.45, 2.75) is 48.8 Å². The van der Waals surface area contributed by atoms with Crippen LogP contribution in [0.5, 0.6) is 5.75 Å². The number of methoxy groups -OCH3 is 1. The summed E-state index contributed by atoms with van der Waals surface area (Å²) in [4.78, 5) is 0.889. The second-order valence-corrected chi connectivity index (χ2v) is 6.80. The number of nitrogens with one attached hydrogen (secondary N) is 1. The Labute approximate surface area is 118 Å². The standard InChI is InChI=1S/C15H23NO2S/c1-3-9-16-12-7-8-15(10-12)19(17)14-6-4-5-13(11-14)18-2/h4-6,11-12,15-16H,3,7-10H2,1-2H3. The Morgan fingerprint density at radius 3 is 3.00 bits per heavy atom. The van der Waals surface area contributed by atoms with E-state index in [0.29, 0.717) is 6.04 Å². The van der Waals surface area contributed by atoms with Crippen molar-refractivity contribution in [3.05, 3.63) is 24.3 Å². The molecule has 1 aromatic carbocycles. The summed E-state index contributed by atoms with van der Waals surface area (Å²) in [6, 6.07) is 8.17. The molecule has 0 saturated heterocycles. The molecule has 106 valence electrons. The van der Waals surface area contributed by atoms with Crippen LogP contribution >= 0.6 is 0 Å². The smallest absolute Gasteiger partial charge is 0.120 e. The van der Waals surface area contributed by atoms with Gasteiger partial charge < -0.3 is 10.1 Å². The zero-order chi connectivity index (χ0) is 13.7. The Kier molecular flexibility index (Phi) is 5.40. The summed E-state index contributed by atoms with van der Waals surface area (Å²) in [6.07, 6.45) is 4.36. The van der Waals surface area contributed by atoms with Gasteiger partial charge in [0.1, 0.15) is 5.75 Å². The van der Waals surface area contributed by atoms with E-state index < -0.39 is 10.8 Å². The van der Waals surface area contributed by atoms with Gasteiger partial charge in [0.05, 0.1) is 17.9 Å². The van der Waals surface area contributed by atoms with Gasteiger partial charge in [-0.25, -0.2) is 0 Å². The lowest BCUT2D eigenvalue weighted by Crippen LogP contribution is -2.28. The summed E-state index contributed by atoms with van der Waals surface area (Å²) in [5.41, 5.74) is 0. The zero-order valence-electron chi connectivity index (χ0n) is 11.7. The van der Waals surface area contributed by atoms with Gasteiger partial charge in [0.25, 0.3) is 0 Å². The maximum Gasteiger partial charge on any atom is 0.120 e. The van der Waals surface area contributed by atoms with Gasteiger partial charge >= 0.3 is 0 Å². The van der Waals surface area contributed by atoms with Crippen LogP contribution in [0.1, 0.15) is 32.6 Å². The van der Waals surface area contributed by atoms with Gasteiger partial charge in [-0.1, -0.05) is 13.0 Å². The van der Waals surface area contributed by atoms with Crippen molar-refractivity contribution in [2.75, 3.05) is 13.7 Å².